The first-order valence-corrected chi connectivity index (χ1v) is 6.48. The molecule has 0 aliphatic carbocycles. The van der Waals surface area contributed by atoms with Gasteiger partial charge in [0, 0.05) is 28.8 Å². The summed E-state index contributed by atoms with van der Waals surface area (Å²) < 4.78 is 6.98. The fourth-order valence-electron chi connectivity index (χ4n) is 1.98. The molecule has 0 aliphatic rings. The van der Waals surface area contributed by atoms with E-state index < -0.39 is 12.5 Å². The lowest BCUT2D eigenvalue weighted by molar-refractivity contribution is 0.325. The highest BCUT2D eigenvalue weighted by atomic mass is 79.9. The van der Waals surface area contributed by atoms with E-state index in [1.807, 2.05) is 0 Å². The number of aromatic nitrogens is 2. The van der Waals surface area contributed by atoms with Gasteiger partial charge < -0.3 is 19.4 Å². The SMILES string of the molecule is Cc1[nH]c2c(=O)n(C)cc(Br)c2c1C(=N)OC(=N)CO. The van der Waals surface area contributed by atoms with Crippen molar-refractivity contribution in [2.24, 2.45) is 7.05 Å². The lowest BCUT2D eigenvalue weighted by Crippen LogP contribution is -2.17. The van der Waals surface area contributed by atoms with Gasteiger partial charge in [0.25, 0.3) is 5.56 Å². The van der Waals surface area contributed by atoms with E-state index in [2.05, 4.69) is 20.9 Å². The monoisotopic (exact) mass is 340 g/mol. The Morgan fingerprint density at radius 3 is 2.80 bits per heavy atom. The third-order valence-corrected chi connectivity index (χ3v) is 3.46. The van der Waals surface area contributed by atoms with E-state index in [9.17, 15) is 4.79 Å². The summed E-state index contributed by atoms with van der Waals surface area (Å²) in [6.45, 7) is 1.12. The van der Waals surface area contributed by atoms with Crippen LogP contribution in [0.4, 0.5) is 0 Å². The summed E-state index contributed by atoms with van der Waals surface area (Å²) in [5.74, 6) is -0.717. The van der Waals surface area contributed by atoms with Gasteiger partial charge in [-0.15, -0.1) is 0 Å². The Hall–Kier alpha value is -1.93. The van der Waals surface area contributed by atoms with E-state index >= 15 is 0 Å². The van der Waals surface area contributed by atoms with Gasteiger partial charge in [-0.05, 0) is 22.9 Å². The second kappa shape index (κ2) is 5.22. The first kappa shape index (κ1) is 14.5. The fourth-order valence-corrected chi connectivity index (χ4v) is 2.69. The molecule has 7 nitrogen and oxygen atoms in total. The zero-order valence-electron chi connectivity index (χ0n) is 10.9. The van der Waals surface area contributed by atoms with Crippen LogP contribution in [0.5, 0.6) is 0 Å². The number of H-pyrrole nitrogens is 1. The molecule has 106 valence electrons. The van der Waals surface area contributed by atoms with Crippen LogP contribution < -0.4 is 5.56 Å². The zero-order valence-corrected chi connectivity index (χ0v) is 12.5. The lowest BCUT2D eigenvalue weighted by Gasteiger charge is -2.07. The summed E-state index contributed by atoms with van der Waals surface area (Å²) in [7, 11) is 1.63. The molecule has 0 amide bonds. The Bertz CT molecular complexity index is 775. The highest BCUT2D eigenvalue weighted by Crippen LogP contribution is 2.27. The largest absolute Gasteiger partial charge is 0.423 e. The van der Waals surface area contributed by atoms with Crippen molar-refractivity contribution in [1.29, 1.82) is 10.8 Å². The molecule has 0 saturated carbocycles. The molecular weight excluding hydrogens is 328 g/mol. The van der Waals surface area contributed by atoms with Crippen molar-refractivity contribution in [3.8, 4) is 0 Å². The van der Waals surface area contributed by atoms with Gasteiger partial charge in [0.1, 0.15) is 12.1 Å². The molecule has 0 radical (unpaired) electrons. The van der Waals surface area contributed by atoms with Gasteiger partial charge in [0.2, 0.25) is 11.8 Å². The second-order valence-electron chi connectivity index (χ2n) is 4.28. The van der Waals surface area contributed by atoms with Gasteiger partial charge in [-0.3, -0.25) is 15.6 Å². The third-order valence-electron chi connectivity index (χ3n) is 2.86. The summed E-state index contributed by atoms with van der Waals surface area (Å²) in [6.07, 6.45) is 1.60. The number of nitrogens with zero attached hydrogens (tertiary/aromatic N) is 1. The molecule has 0 aromatic carbocycles. The molecular formula is C12H13BrN4O3. The summed E-state index contributed by atoms with van der Waals surface area (Å²) >= 11 is 3.36. The van der Waals surface area contributed by atoms with E-state index in [1.165, 1.54) is 4.57 Å². The standard InChI is InChI=1S/C12H13BrN4O3/c1-5-8(11(15)20-7(14)4-18)9-6(13)3-17(2)12(19)10(9)16-5/h3,14-16,18H,4H2,1-2H3. The van der Waals surface area contributed by atoms with Crippen molar-refractivity contribution in [1.82, 2.24) is 9.55 Å². The van der Waals surface area contributed by atoms with E-state index in [-0.39, 0.29) is 11.5 Å². The molecule has 0 unspecified atom stereocenters. The van der Waals surface area contributed by atoms with Gasteiger partial charge >= 0.3 is 0 Å². The third kappa shape index (κ3) is 2.27. The lowest BCUT2D eigenvalue weighted by atomic mass is 10.1. The van der Waals surface area contributed by atoms with Crippen molar-refractivity contribution in [3.05, 3.63) is 32.3 Å². The molecule has 20 heavy (non-hydrogen) atoms. The highest BCUT2D eigenvalue weighted by molar-refractivity contribution is 9.10. The minimum absolute atomic E-state index is 0.220. The van der Waals surface area contributed by atoms with Gasteiger partial charge in [0.05, 0.1) is 5.56 Å². The van der Waals surface area contributed by atoms with Crippen LogP contribution in [0.25, 0.3) is 10.9 Å². The van der Waals surface area contributed by atoms with E-state index in [0.29, 0.717) is 26.6 Å². The van der Waals surface area contributed by atoms with Crippen molar-refractivity contribution in [2.45, 2.75) is 6.92 Å². The number of halogens is 1. The van der Waals surface area contributed by atoms with Gasteiger partial charge in [-0.1, -0.05) is 0 Å². The predicted molar refractivity (Wildman–Crippen MR) is 78.7 cm³/mol. The second-order valence-corrected chi connectivity index (χ2v) is 5.13. The number of ether oxygens (including phenoxy) is 1. The average Bonchev–Trinajstić information content (AvgIpc) is 2.74. The number of nitrogens with one attached hydrogen (secondary N) is 3. The summed E-state index contributed by atoms with van der Waals surface area (Å²) in [5, 5.41) is 24.5. The van der Waals surface area contributed by atoms with E-state index in [4.69, 9.17) is 20.7 Å². The number of hydrogen-bond donors (Lipinski definition) is 4. The number of rotatable bonds is 2. The number of aliphatic hydroxyl groups is 1. The maximum atomic E-state index is 12.1. The van der Waals surface area contributed by atoms with Gasteiger partial charge in [-0.25, -0.2) is 0 Å². The Balaban J connectivity index is 2.69. The average molecular weight is 341 g/mol. The number of fused-ring (bicyclic) bond motifs is 1. The molecule has 0 atom stereocenters. The Labute approximate surface area is 122 Å². The van der Waals surface area contributed by atoms with Gasteiger partial charge in [0.15, 0.2) is 0 Å². The zero-order chi connectivity index (χ0) is 15.0. The minimum Gasteiger partial charge on any atom is -0.423 e. The highest BCUT2D eigenvalue weighted by Gasteiger charge is 2.20. The van der Waals surface area contributed by atoms with Crippen LogP contribution >= 0.6 is 15.9 Å². The van der Waals surface area contributed by atoms with Crippen LogP contribution in [0.1, 0.15) is 11.3 Å². The molecule has 4 N–H and O–H groups in total. The Morgan fingerprint density at radius 2 is 2.20 bits per heavy atom. The fraction of sp³-hybridized carbons (Fsp3) is 0.250. The number of aliphatic hydroxyl groups excluding tert-OH is 1. The molecule has 0 saturated heterocycles. The molecule has 2 heterocycles. The molecule has 0 spiro atoms. The summed E-state index contributed by atoms with van der Waals surface area (Å²) in [6, 6.07) is 0. The van der Waals surface area contributed by atoms with Crippen LogP contribution in [-0.2, 0) is 11.8 Å². The van der Waals surface area contributed by atoms with Crippen LogP contribution in [0, 0.1) is 17.7 Å². The van der Waals surface area contributed by atoms with Crippen LogP contribution in [-0.4, -0.2) is 33.1 Å². The molecule has 2 aromatic rings. The Morgan fingerprint density at radius 1 is 1.55 bits per heavy atom. The molecule has 0 bridgehead atoms. The van der Waals surface area contributed by atoms with Crippen molar-refractivity contribution in [2.75, 3.05) is 6.61 Å². The van der Waals surface area contributed by atoms with E-state index in [1.54, 1.807) is 20.2 Å². The van der Waals surface area contributed by atoms with Crippen LogP contribution in [0.2, 0.25) is 0 Å². The summed E-state index contributed by atoms with van der Waals surface area (Å²) in [4.78, 5) is 15.0. The topological polar surface area (TPSA) is 115 Å². The van der Waals surface area contributed by atoms with Crippen LogP contribution in [0.15, 0.2) is 15.5 Å². The molecule has 2 aromatic heterocycles. The molecule has 0 fully saturated rings. The Kier molecular flexibility index (Phi) is 3.78. The maximum Gasteiger partial charge on any atom is 0.274 e. The first-order chi connectivity index (χ1) is 9.36. The minimum atomic E-state index is -0.591. The van der Waals surface area contributed by atoms with E-state index in [0.717, 1.165) is 0 Å². The number of pyridine rings is 1. The number of aryl methyl sites for hydroxylation is 2. The normalized spacial score (nSPS) is 10.8. The van der Waals surface area contributed by atoms with Gasteiger partial charge in [-0.2, -0.15) is 0 Å². The molecule has 2 rings (SSSR count). The molecule has 0 aliphatic heterocycles. The number of hydrogen-bond acceptors (Lipinski definition) is 5. The quantitative estimate of drug-likeness (QED) is 0.487. The first-order valence-electron chi connectivity index (χ1n) is 5.69. The van der Waals surface area contributed by atoms with Crippen LogP contribution in [0.3, 0.4) is 0 Å². The molecule has 8 heteroatoms. The summed E-state index contributed by atoms with van der Waals surface area (Å²) in [5.41, 5.74) is 1.11. The van der Waals surface area contributed by atoms with Crippen molar-refractivity contribution < 1.29 is 9.84 Å². The van der Waals surface area contributed by atoms with Crippen molar-refractivity contribution in [3.63, 3.8) is 0 Å². The smallest absolute Gasteiger partial charge is 0.274 e. The van der Waals surface area contributed by atoms with Crippen molar-refractivity contribution >= 4 is 38.6 Å². The predicted octanol–water partition coefficient (Wildman–Crippen LogP) is 1.25. The number of aromatic amines is 1. The maximum absolute atomic E-state index is 12.1.